The zero-order chi connectivity index (χ0) is 12.3. The van der Waals surface area contributed by atoms with E-state index in [1.54, 1.807) is 0 Å². The van der Waals surface area contributed by atoms with Crippen molar-refractivity contribution in [2.45, 2.75) is 13.1 Å². The molecule has 1 N–H and O–H groups in total. The number of amides is 1. The van der Waals surface area contributed by atoms with Gasteiger partial charge < -0.3 is 10.0 Å². The molecule has 0 aliphatic carbocycles. The number of benzene rings is 1. The van der Waals surface area contributed by atoms with Crippen LogP contribution in [0.25, 0.3) is 0 Å². The quantitative estimate of drug-likeness (QED) is 0.851. The first kappa shape index (κ1) is 12.2. The monoisotopic (exact) mass is 225 g/mol. The number of carboxylic acids is 1. The molecule has 0 radical (unpaired) electrons. The van der Waals surface area contributed by atoms with Crippen molar-refractivity contribution in [2.24, 2.45) is 0 Å². The minimum Gasteiger partial charge on any atom is -0.478 e. The summed E-state index contributed by atoms with van der Waals surface area (Å²) in [5, 5.41) is 8.67. The lowest BCUT2D eigenvalue weighted by Crippen LogP contribution is -2.32. The van der Waals surface area contributed by atoms with Crippen molar-refractivity contribution in [3.8, 4) is 0 Å². The van der Waals surface area contributed by atoms with E-state index in [0.717, 1.165) is 11.8 Å². The Balaban J connectivity index is 2.89. The molecule has 1 amide bonds. The number of aromatic carboxylic acids is 1. The first-order valence-electron chi connectivity index (χ1n) is 4.68. The smallest absolute Gasteiger partial charge is 0.335 e. The molecule has 0 bridgehead atoms. The van der Waals surface area contributed by atoms with Crippen molar-refractivity contribution >= 4 is 17.6 Å². The number of hydrogen-bond donors (Lipinski definition) is 1. The van der Waals surface area contributed by atoms with Crippen molar-refractivity contribution < 1.29 is 19.1 Å². The minimum atomic E-state index is -1.58. The van der Waals surface area contributed by atoms with Gasteiger partial charge in [0, 0.05) is 12.7 Å². The largest absolute Gasteiger partial charge is 0.478 e. The van der Waals surface area contributed by atoms with Gasteiger partial charge in [0.25, 0.3) is 5.91 Å². The van der Waals surface area contributed by atoms with E-state index < -0.39 is 18.0 Å². The SMILES string of the molecule is CC(F)C(=O)N(C)c1ccc(C(=O)O)cc1. The Kier molecular flexibility index (Phi) is 3.60. The first-order valence-corrected chi connectivity index (χ1v) is 4.68. The normalized spacial score (nSPS) is 11.9. The molecule has 0 aliphatic heterocycles. The van der Waals surface area contributed by atoms with Crippen LogP contribution < -0.4 is 4.90 Å². The number of hydrogen-bond acceptors (Lipinski definition) is 2. The number of anilines is 1. The molecule has 0 heterocycles. The maximum absolute atomic E-state index is 12.8. The van der Waals surface area contributed by atoms with Crippen molar-refractivity contribution in [1.29, 1.82) is 0 Å². The number of halogens is 1. The van der Waals surface area contributed by atoms with Gasteiger partial charge in [-0.2, -0.15) is 0 Å². The summed E-state index contributed by atoms with van der Waals surface area (Å²) in [6, 6.07) is 5.65. The van der Waals surface area contributed by atoms with Crippen LogP contribution in [-0.2, 0) is 4.79 Å². The van der Waals surface area contributed by atoms with E-state index in [1.807, 2.05) is 0 Å². The van der Waals surface area contributed by atoms with Crippen LogP contribution in [0.3, 0.4) is 0 Å². The fraction of sp³-hybridized carbons (Fsp3) is 0.273. The summed E-state index contributed by atoms with van der Waals surface area (Å²) in [7, 11) is 1.44. The van der Waals surface area contributed by atoms with Gasteiger partial charge in [-0.1, -0.05) is 0 Å². The number of rotatable bonds is 3. The van der Waals surface area contributed by atoms with Crippen molar-refractivity contribution in [3.63, 3.8) is 0 Å². The number of alkyl halides is 1. The molecule has 4 nitrogen and oxygen atoms in total. The molecule has 0 spiro atoms. The predicted molar refractivity (Wildman–Crippen MR) is 57.4 cm³/mol. The third-order valence-electron chi connectivity index (χ3n) is 2.17. The summed E-state index contributed by atoms with van der Waals surface area (Å²) < 4.78 is 12.8. The number of nitrogens with zero attached hydrogens (tertiary/aromatic N) is 1. The van der Waals surface area contributed by atoms with Crippen molar-refractivity contribution in [1.82, 2.24) is 0 Å². The van der Waals surface area contributed by atoms with Crippen LogP contribution in [-0.4, -0.2) is 30.2 Å². The maximum Gasteiger partial charge on any atom is 0.335 e. The van der Waals surface area contributed by atoms with Gasteiger partial charge in [-0.05, 0) is 31.2 Å². The third-order valence-corrected chi connectivity index (χ3v) is 2.17. The van der Waals surface area contributed by atoms with Crippen LogP contribution in [0.4, 0.5) is 10.1 Å². The standard InChI is InChI=1S/C11H12FNO3/c1-7(12)10(14)13(2)9-5-3-8(4-6-9)11(15)16/h3-7H,1-2H3,(H,15,16). The third kappa shape index (κ3) is 2.56. The van der Waals surface area contributed by atoms with E-state index in [0.29, 0.717) is 5.69 Å². The van der Waals surface area contributed by atoms with E-state index >= 15 is 0 Å². The van der Waals surface area contributed by atoms with Gasteiger partial charge in [0.2, 0.25) is 0 Å². The van der Waals surface area contributed by atoms with E-state index in [1.165, 1.54) is 31.3 Å². The molecule has 1 aromatic rings. The average Bonchev–Trinajstić information content (AvgIpc) is 2.27. The highest BCUT2D eigenvalue weighted by atomic mass is 19.1. The Labute approximate surface area is 92.3 Å². The van der Waals surface area contributed by atoms with Crippen LogP contribution in [0, 0.1) is 0 Å². The Morgan fingerprint density at radius 1 is 1.31 bits per heavy atom. The van der Waals surface area contributed by atoms with Gasteiger partial charge in [0.1, 0.15) is 0 Å². The molecule has 0 fully saturated rings. The minimum absolute atomic E-state index is 0.123. The maximum atomic E-state index is 12.8. The molecular formula is C11H12FNO3. The molecule has 0 aromatic heterocycles. The zero-order valence-corrected chi connectivity index (χ0v) is 8.98. The first-order chi connectivity index (χ1) is 7.43. The lowest BCUT2D eigenvalue weighted by atomic mass is 10.2. The lowest BCUT2D eigenvalue weighted by Gasteiger charge is -2.17. The van der Waals surface area contributed by atoms with Crippen molar-refractivity contribution in [3.05, 3.63) is 29.8 Å². The van der Waals surface area contributed by atoms with Crippen LogP contribution in [0.5, 0.6) is 0 Å². The number of carboxylic acid groups (broad SMARTS) is 1. The number of carbonyl (C=O) groups excluding carboxylic acids is 1. The molecular weight excluding hydrogens is 213 g/mol. The van der Waals surface area contributed by atoms with Gasteiger partial charge in [-0.15, -0.1) is 0 Å². The summed E-state index contributed by atoms with van der Waals surface area (Å²) in [5.41, 5.74) is 0.581. The molecule has 1 rings (SSSR count). The van der Waals surface area contributed by atoms with E-state index in [4.69, 9.17) is 5.11 Å². The van der Waals surface area contributed by atoms with E-state index in [2.05, 4.69) is 0 Å². The zero-order valence-electron chi connectivity index (χ0n) is 8.98. The predicted octanol–water partition coefficient (Wildman–Crippen LogP) is 1.71. The Morgan fingerprint density at radius 3 is 2.19 bits per heavy atom. The second-order valence-corrected chi connectivity index (χ2v) is 3.37. The Bertz CT molecular complexity index is 400. The van der Waals surface area contributed by atoms with Crippen LogP contribution in [0.1, 0.15) is 17.3 Å². The van der Waals surface area contributed by atoms with Gasteiger partial charge in [-0.3, -0.25) is 4.79 Å². The average molecular weight is 225 g/mol. The molecule has 0 saturated carbocycles. The second kappa shape index (κ2) is 4.74. The molecule has 86 valence electrons. The summed E-state index contributed by atoms with van der Waals surface area (Å²) in [6.07, 6.45) is -1.58. The van der Waals surface area contributed by atoms with Gasteiger partial charge in [0.15, 0.2) is 6.17 Å². The molecule has 1 aromatic carbocycles. The lowest BCUT2D eigenvalue weighted by molar-refractivity contribution is -0.122. The molecule has 16 heavy (non-hydrogen) atoms. The van der Waals surface area contributed by atoms with Gasteiger partial charge in [0.05, 0.1) is 5.56 Å². The fourth-order valence-electron chi connectivity index (χ4n) is 1.22. The highest BCUT2D eigenvalue weighted by Gasteiger charge is 2.17. The molecule has 1 unspecified atom stereocenters. The van der Waals surface area contributed by atoms with Crippen LogP contribution in [0.15, 0.2) is 24.3 Å². The second-order valence-electron chi connectivity index (χ2n) is 3.37. The summed E-state index contributed by atoms with van der Waals surface area (Å²) in [6.45, 7) is 1.16. The Hall–Kier alpha value is -1.91. The number of carbonyl (C=O) groups is 2. The summed E-state index contributed by atoms with van der Waals surface area (Å²) in [5.74, 6) is -1.71. The van der Waals surface area contributed by atoms with E-state index in [9.17, 15) is 14.0 Å². The molecule has 0 saturated heterocycles. The highest BCUT2D eigenvalue weighted by Crippen LogP contribution is 2.15. The van der Waals surface area contributed by atoms with Gasteiger partial charge >= 0.3 is 5.97 Å². The van der Waals surface area contributed by atoms with Crippen molar-refractivity contribution in [2.75, 3.05) is 11.9 Å². The van der Waals surface area contributed by atoms with Crippen LogP contribution >= 0.6 is 0 Å². The topological polar surface area (TPSA) is 57.6 Å². The fourth-order valence-corrected chi connectivity index (χ4v) is 1.22. The van der Waals surface area contributed by atoms with E-state index in [-0.39, 0.29) is 5.56 Å². The Morgan fingerprint density at radius 2 is 1.81 bits per heavy atom. The summed E-state index contributed by atoms with van der Waals surface area (Å²) in [4.78, 5) is 23.0. The summed E-state index contributed by atoms with van der Waals surface area (Å²) >= 11 is 0. The van der Waals surface area contributed by atoms with Gasteiger partial charge in [-0.25, -0.2) is 9.18 Å². The molecule has 0 aliphatic rings. The molecule has 5 heteroatoms. The highest BCUT2D eigenvalue weighted by molar-refractivity contribution is 5.96. The molecule has 1 atom stereocenters. The van der Waals surface area contributed by atoms with Crippen LogP contribution in [0.2, 0.25) is 0 Å².